The van der Waals surface area contributed by atoms with Crippen LogP contribution in [-0.4, -0.2) is 36.2 Å². The minimum absolute atomic E-state index is 0.00841. The molecule has 7 nitrogen and oxygen atoms in total. The van der Waals surface area contributed by atoms with E-state index in [0.29, 0.717) is 51.2 Å². The molecule has 1 N–H and O–H groups in total. The molecule has 4 aromatic rings. The summed E-state index contributed by atoms with van der Waals surface area (Å²) < 4.78 is 49.8. The van der Waals surface area contributed by atoms with E-state index in [1.807, 2.05) is 25.1 Å². The van der Waals surface area contributed by atoms with E-state index in [4.69, 9.17) is 16.3 Å². The van der Waals surface area contributed by atoms with Crippen LogP contribution in [0.5, 0.6) is 0 Å². The van der Waals surface area contributed by atoms with Crippen LogP contribution < -0.4 is 4.72 Å². The molecule has 2 heterocycles. The van der Waals surface area contributed by atoms with Gasteiger partial charge in [0, 0.05) is 40.9 Å². The number of ether oxygens (including phenoxy) is 1. The first-order valence-electron chi connectivity index (χ1n) is 12.3. The molecule has 1 fully saturated rings. The molecule has 1 aliphatic rings. The zero-order valence-corrected chi connectivity index (χ0v) is 22.6. The van der Waals surface area contributed by atoms with Crippen LogP contribution >= 0.6 is 11.6 Å². The summed E-state index contributed by atoms with van der Waals surface area (Å²) >= 11 is 6.37. The quantitative estimate of drug-likeness (QED) is 0.295. The maximum absolute atomic E-state index is 14.8. The van der Waals surface area contributed by atoms with Gasteiger partial charge in [-0.3, -0.25) is 9.78 Å². The molecular weight excluding hydrogens is 529 g/mol. The van der Waals surface area contributed by atoms with Gasteiger partial charge >= 0.3 is 0 Å². The number of hydrogen-bond donors (Lipinski definition) is 1. The van der Waals surface area contributed by atoms with E-state index in [0.717, 1.165) is 12.0 Å². The molecule has 2 aromatic carbocycles. The number of amides is 1. The SMILES string of the molecule is CCc1ccc2c(c1)c(-c1cc(Cl)cnc1COC)c(C(=O)NS(=O)(=O)C1CC1)n2Cc1ccccc1F. The van der Waals surface area contributed by atoms with Crippen LogP contribution in [-0.2, 0) is 34.3 Å². The molecular formula is C28H27ClFN3O4S. The first-order chi connectivity index (χ1) is 18.2. The maximum atomic E-state index is 14.8. The number of halogens is 2. The van der Waals surface area contributed by atoms with Gasteiger partial charge in [-0.2, -0.15) is 0 Å². The fraction of sp³-hybridized carbons (Fsp3) is 0.286. The van der Waals surface area contributed by atoms with Gasteiger partial charge < -0.3 is 9.30 Å². The summed E-state index contributed by atoms with van der Waals surface area (Å²) in [5.41, 5.74) is 3.65. The Labute approximate surface area is 225 Å². The number of fused-ring (bicyclic) bond motifs is 1. The maximum Gasteiger partial charge on any atom is 0.282 e. The lowest BCUT2D eigenvalue weighted by atomic mass is 9.98. The summed E-state index contributed by atoms with van der Waals surface area (Å²) in [6.07, 6.45) is 3.24. The number of carbonyl (C=O) groups is 1. The Hall–Kier alpha value is -3.27. The van der Waals surface area contributed by atoms with Gasteiger partial charge in [0.1, 0.15) is 11.5 Å². The minimum atomic E-state index is -3.86. The van der Waals surface area contributed by atoms with E-state index in [1.165, 1.54) is 19.4 Å². The zero-order valence-electron chi connectivity index (χ0n) is 21.0. The van der Waals surface area contributed by atoms with Crippen molar-refractivity contribution in [1.82, 2.24) is 14.3 Å². The summed E-state index contributed by atoms with van der Waals surface area (Å²) in [6, 6.07) is 13.8. The molecule has 0 unspecified atom stereocenters. The van der Waals surface area contributed by atoms with Crippen LogP contribution in [0.3, 0.4) is 0 Å². The van der Waals surface area contributed by atoms with E-state index in [2.05, 4.69) is 9.71 Å². The molecule has 0 radical (unpaired) electrons. The number of methoxy groups -OCH3 is 1. The second-order valence-corrected chi connectivity index (χ2v) is 11.8. The monoisotopic (exact) mass is 555 g/mol. The number of aromatic nitrogens is 2. The van der Waals surface area contributed by atoms with Crippen molar-refractivity contribution in [1.29, 1.82) is 0 Å². The van der Waals surface area contributed by atoms with Gasteiger partial charge in [0.25, 0.3) is 5.91 Å². The number of pyridine rings is 1. The van der Waals surface area contributed by atoms with Crippen molar-refractivity contribution in [2.45, 2.75) is 44.6 Å². The Morgan fingerprint density at radius 2 is 1.97 bits per heavy atom. The number of rotatable bonds is 9. The van der Waals surface area contributed by atoms with Crippen molar-refractivity contribution in [3.63, 3.8) is 0 Å². The average Bonchev–Trinajstić information content (AvgIpc) is 3.70. The third kappa shape index (κ3) is 5.06. The second-order valence-electron chi connectivity index (χ2n) is 9.36. The molecule has 5 rings (SSSR count). The topological polar surface area (TPSA) is 90.3 Å². The first kappa shape index (κ1) is 26.3. The Balaban J connectivity index is 1.83. The molecule has 198 valence electrons. The lowest BCUT2D eigenvalue weighted by Gasteiger charge is -2.15. The van der Waals surface area contributed by atoms with E-state index in [-0.39, 0.29) is 18.8 Å². The molecule has 1 aliphatic carbocycles. The van der Waals surface area contributed by atoms with Gasteiger partial charge in [0.2, 0.25) is 10.0 Å². The average molecular weight is 556 g/mol. The molecule has 0 saturated heterocycles. The van der Waals surface area contributed by atoms with E-state index in [1.54, 1.807) is 28.8 Å². The van der Waals surface area contributed by atoms with E-state index in [9.17, 15) is 17.6 Å². The molecule has 1 saturated carbocycles. The van der Waals surface area contributed by atoms with Crippen LogP contribution in [0.2, 0.25) is 5.02 Å². The predicted molar refractivity (Wildman–Crippen MR) is 145 cm³/mol. The Morgan fingerprint density at radius 1 is 1.21 bits per heavy atom. The summed E-state index contributed by atoms with van der Waals surface area (Å²) in [6.45, 7) is 2.17. The first-order valence-corrected chi connectivity index (χ1v) is 14.2. The van der Waals surface area contributed by atoms with E-state index >= 15 is 0 Å². The highest BCUT2D eigenvalue weighted by molar-refractivity contribution is 7.91. The Kier molecular flexibility index (Phi) is 7.26. The third-order valence-corrected chi connectivity index (χ3v) is 8.75. The smallest absolute Gasteiger partial charge is 0.282 e. The fourth-order valence-electron chi connectivity index (χ4n) is 4.67. The predicted octanol–water partition coefficient (Wildman–Crippen LogP) is 5.47. The van der Waals surface area contributed by atoms with Gasteiger partial charge in [-0.25, -0.2) is 17.5 Å². The molecule has 1 amide bonds. The Bertz CT molecular complexity index is 1650. The van der Waals surface area contributed by atoms with Crippen molar-refractivity contribution in [2.75, 3.05) is 7.11 Å². The second kappa shape index (κ2) is 10.5. The van der Waals surface area contributed by atoms with Crippen LogP contribution in [0.15, 0.2) is 54.7 Å². The van der Waals surface area contributed by atoms with Crippen molar-refractivity contribution in [3.05, 3.63) is 88.1 Å². The molecule has 0 spiro atoms. The number of benzene rings is 2. The van der Waals surface area contributed by atoms with Crippen molar-refractivity contribution < 1.29 is 22.3 Å². The van der Waals surface area contributed by atoms with Gasteiger partial charge in [-0.05, 0) is 49.1 Å². The lowest BCUT2D eigenvalue weighted by molar-refractivity contribution is 0.0973. The Morgan fingerprint density at radius 3 is 2.66 bits per heavy atom. The molecule has 2 aromatic heterocycles. The van der Waals surface area contributed by atoms with Crippen LogP contribution in [0, 0.1) is 5.82 Å². The highest BCUT2D eigenvalue weighted by Gasteiger charge is 2.38. The number of nitrogens with zero attached hydrogens (tertiary/aromatic N) is 2. The highest BCUT2D eigenvalue weighted by atomic mass is 35.5. The lowest BCUT2D eigenvalue weighted by Crippen LogP contribution is -2.35. The minimum Gasteiger partial charge on any atom is -0.378 e. The van der Waals surface area contributed by atoms with Crippen molar-refractivity contribution >= 4 is 38.4 Å². The summed E-state index contributed by atoms with van der Waals surface area (Å²) in [7, 11) is -2.33. The van der Waals surface area contributed by atoms with Crippen LogP contribution in [0.1, 0.15) is 47.1 Å². The van der Waals surface area contributed by atoms with Gasteiger partial charge in [0.15, 0.2) is 0 Å². The van der Waals surface area contributed by atoms with Crippen LogP contribution in [0.4, 0.5) is 4.39 Å². The number of nitrogens with one attached hydrogen (secondary N) is 1. The zero-order chi connectivity index (χ0) is 27.0. The summed E-state index contributed by atoms with van der Waals surface area (Å²) in [5.74, 6) is -1.22. The molecule has 0 bridgehead atoms. The van der Waals surface area contributed by atoms with Crippen molar-refractivity contribution in [2.24, 2.45) is 0 Å². The highest BCUT2D eigenvalue weighted by Crippen LogP contribution is 2.39. The largest absolute Gasteiger partial charge is 0.378 e. The normalized spacial score (nSPS) is 13.7. The fourth-order valence-corrected chi connectivity index (χ4v) is 6.10. The molecule has 0 atom stereocenters. The van der Waals surface area contributed by atoms with Gasteiger partial charge in [-0.1, -0.05) is 42.8 Å². The number of aryl methyl sites for hydroxylation is 1. The molecule has 38 heavy (non-hydrogen) atoms. The third-order valence-electron chi connectivity index (χ3n) is 6.72. The molecule has 10 heteroatoms. The number of sulfonamides is 1. The van der Waals surface area contributed by atoms with Crippen LogP contribution in [0.25, 0.3) is 22.0 Å². The summed E-state index contributed by atoms with van der Waals surface area (Å²) in [5, 5.41) is 0.456. The summed E-state index contributed by atoms with van der Waals surface area (Å²) in [4.78, 5) is 18.3. The van der Waals surface area contributed by atoms with E-state index < -0.39 is 27.0 Å². The molecule has 0 aliphatic heterocycles. The van der Waals surface area contributed by atoms with Gasteiger partial charge in [-0.15, -0.1) is 0 Å². The number of carbonyl (C=O) groups excluding carboxylic acids is 1. The van der Waals surface area contributed by atoms with Crippen molar-refractivity contribution in [3.8, 4) is 11.1 Å². The number of hydrogen-bond acceptors (Lipinski definition) is 5. The van der Waals surface area contributed by atoms with Gasteiger partial charge in [0.05, 0.1) is 29.1 Å². The standard InChI is InChI=1S/C28H27ClFN3O4S/c1-3-17-8-11-25-22(12-17)26(21-13-19(29)14-31-24(21)16-37-2)27(28(34)32-38(35,36)20-9-10-20)33(25)15-18-6-4-5-7-23(18)30/h4-8,11-14,20H,3,9-10,15-16H2,1-2H3,(H,32,34).